The van der Waals surface area contributed by atoms with Crippen LogP contribution in [0.15, 0.2) is 24.3 Å². The van der Waals surface area contributed by atoms with Gasteiger partial charge in [0.05, 0.1) is 32.3 Å². The van der Waals surface area contributed by atoms with E-state index in [1.807, 2.05) is 31.2 Å². The zero-order valence-electron chi connectivity index (χ0n) is 12.2. The smallest absolute Gasteiger partial charge is 0.222 e. The molecule has 1 aromatic rings. The summed E-state index contributed by atoms with van der Waals surface area (Å²) >= 11 is 0. The van der Waals surface area contributed by atoms with Gasteiger partial charge in [-0.15, -0.1) is 0 Å². The van der Waals surface area contributed by atoms with Gasteiger partial charge in [-0.25, -0.2) is 0 Å². The number of ether oxygens (including phenoxy) is 2. The van der Waals surface area contributed by atoms with Gasteiger partial charge in [-0.1, -0.05) is 26.0 Å². The highest BCUT2D eigenvalue weighted by Gasteiger charge is 2.25. The summed E-state index contributed by atoms with van der Waals surface area (Å²) in [5.41, 5.74) is 6.19. The van der Waals surface area contributed by atoms with Crippen molar-refractivity contribution in [2.75, 3.05) is 13.7 Å². The fourth-order valence-corrected chi connectivity index (χ4v) is 1.84. The number of carbonyl (C=O) groups excluding carboxylic acids is 1. The number of methoxy groups -OCH3 is 1. The molecule has 0 saturated heterocycles. The average molecular weight is 281 g/mol. The number of rotatable bonds is 8. The minimum Gasteiger partial charge on any atom is -0.497 e. The molecule has 0 fully saturated rings. The average Bonchev–Trinajstić information content (AvgIpc) is 2.46. The number of carbonyl (C=O) groups is 1. The second kappa shape index (κ2) is 7.87. The van der Waals surface area contributed by atoms with Crippen LogP contribution in [0.25, 0.3) is 0 Å². The summed E-state index contributed by atoms with van der Waals surface area (Å²) in [5, 5.41) is 9.92. The number of hydrogen-bond donors (Lipinski definition) is 2. The molecular formula is C15H23NO4. The summed E-state index contributed by atoms with van der Waals surface area (Å²) in [4.78, 5) is 11.0. The molecule has 0 radical (unpaired) electrons. The van der Waals surface area contributed by atoms with E-state index in [0.717, 1.165) is 11.3 Å². The van der Waals surface area contributed by atoms with Crippen LogP contribution in [-0.4, -0.2) is 30.8 Å². The first-order valence-corrected chi connectivity index (χ1v) is 6.63. The summed E-state index contributed by atoms with van der Waals surface area (Å²) in [6, 6.07) is 7.58. The van der Waals surface area contributed by atoms with Crippen LogP contribution in [0.3, 0.4) is 0 Å². The van der Waals surface area contributed by atoms with Crippen LogP contribution < -0.4 is 10.5 Å². The van der Waals surface area contributed by atoms with Gasteiger partial charge < -0.3 is 20.3 Å². The lowest BCUT2D eigenvalue weighted by Crippen LogP contribution is -2.36. The molecule has 0 heterocycles. The molecule has 112 valence electrons. The highest BCUT2D eigenvalue weighted by Crippen LogP contribution is 2.15. The number of primary amides is 1. The topological polar surface area (TPSA) is 81.8 Å². The van der Waals surface area contributed by atoms with Crippen molar-refractivity contribution >= 4 is 5.91 Å². The molecule has 1 aromatic carbocycles. The van der Waals surface area contributed by atoms with E-state index in [2.05, 4.69) is 0 Å². The Morgan fingerprint density at radius 3 is 2.40 bits per heavy atom. The van der Waals surface area contributed by atoms with Crippen molar-refractivity contribution in [3.63, 3.8) is 0 Å². The Kier molecular flexibility index (Phi) is 6.48. The Bertz CT molecular complexity index is 418. The van der Waals surface area contributed by atoms with Crippen molar-refractivity contribution in [1.29, 1.82) is 0 Å². The maximum absolute atomic E-state index is 11.0. The van der Waals surface area contributed by atoms with Gasteiger partial charge in [0.15, 0.2) is 0 Å². The predicted molar refractivity (Wildman–Crippen MR) is 76.2 cm³/mol. The van der Waals surface area contributed by atoms with Crippen molar-refractivity contribution in [3.8, 4) is 5.75 Å². The minimum atomic E-state index is -0.789. The van der Waals surface area contributed by atoms with Crippen LogP contribution in [0.4, 0.5) is 0 Å². The molecule has 0 spiro atoms. The second-order valence-electron chi connectivity index (χ2n) is 5.02. The number of benzene rings is 1. The minimum absolute atomic E-state index is 0.157. The van der Waals surface area contributed by atoms with E-state index >= 15 is 0 Å². The van der Waals surface area contributed by atoms with Gasteiger partial charge in [0, 0.05) is 5.92 Å². The van der Waals surface area contributed by atoms with Gasteiger partial charge in [-0.2, -0.15) is 0 Å². The Hall–Kier alpha value is -1.59. The number of amides is 1. The molecule has 0 aromatic heterocycles. The first-order chi connectivity index (χ1) is 9.45. The van der Waals surface area contributed by atoms with Crippen molar-refractivity contribution in [1.82, 2.24) is 0 Å². The van der Waals surface area contributed by atoms with Gasteiger partial charge in [-0.3, -0.25) is 4.79 Å². The third kappa shape index (κ3) is 4.83. The van der Waals surface area contributed by atoms with Gasteiger partial charge in [0.25, 0.3) is 0 Å². The Morgan fingerprint density at radius 1 is 1.30 bits per heavy atom. The monoisotopic (exact) mass is 281 g/mol. The third-order valence-corrected chi connectivity index (χ3v) is 3.35. The first-order valence-electron chi connectivity index (χ1n) is 6.63. The lowest BCUT2D eigenvalue weighted by molar-refractivity contribution is -0.126. The summed E-state index contributed by atoms with van der Waals surface area (Å²) in [5.74, 6) is -0.433. The van der Waals surface area contributed by atoms with E-state index in [1.54, 1.807) is 14.0 Å². The number of aliphatic hydroxyl groups excluding tert-OH is 1. The van der Waals surface area contributed by atoms with Gasteiger partial charge >= 0.3 is 0 Å². The molecule has 5 nitrogen and oxygen atoms in total. The molecule has 1 rings (SSSR count). The highest BCUT2D eigenvalue weighted by atomic mass is 16.5. The molecule has 0 aliphatic rings. The van der Waals surface area contributed by atoms with Crippen LogP contribution in [0.5, 0.6) is 5.75 Å². The van der Waals surface area contributed by atoms with Crippen molar-refractivity contribution < 1.29 is 19.4 Å². The van der Waals surface area contributed by atoms with Crippen molar-refractivity contribution in [3.05, 3.63) is 29.8 Å². The van der Waals surface area contributed by atoms with E-state index < -0.39 is 17.9 Å². The molecule has 3 N–H and O–H groups in total. The van der Waals surface area contributed by atoms with E-state index in [1.165, 1.54) is 0 Å². The number of nitrogens with two attached hydrogens (primary N) is 1. The van der Waals surface area contributed by atoms with E-state index in [9.17, 15) is 9.90 Å². The highest BCUT2D eigenvalue weighted by molar-refractivity contribution is 5.76. The maximum Gasteiger partial charge on any atom is 0.222 e. The molecular weight excluding hydrogens is 258 g/mol. The molecule has 2 unspecified atom stereocenters. The predicted octanol–water partition coefficient (Wildman–Crippen LogP) is 1.33. The molecule has 0 aliphatic carbocycles. The largest absolute Gasteiger partial charge is 0.497 e. The van der Waals surface area contributed by atoms with Gasteiger partial charge in [0.1, 0.15) is 5.75 Å². The van der Waals surface area contributed by atoms with Gasteiger partial charge in [0.2, 0.25) is 5.91 Å². The third-order valence-electron chi connectivity index (χ3n) is 3.35. The maximum atomic E-state index is 11.0. The Labute approximate surface area is 119 Å². The van der Waals surface area contributed by atoms with E-state index in [0.29, 0.717) is 13.2 Å². The zero-order chi connectivity index (χ0) is 15.1. The molecule has 3 atom stereocenters. The molecule has 20 heavy (non-hydrogen) atoms. The first kappa shape index (κ1) is 16.5. The lowest BCUT2D eigenvalue weighted by Gasteiger charge is -2.22. The SMILES string of the molecule is COc1ccc(COCC(C)C(O)[C@H](C)C(N)=O)cc1. The number of hydrogen-bond acceptors (Lipinski definition) is 4. The van der Waals surface area contributed by atoms with Crippen LogP contribution >= 0.6 is 0 Å². The van der Waals surface area contributed by atoms with Crippen LogP contribution in [0.2, 0.25) is 0 Å². The van der Waals surface area contributed by atoms with Crippen molar-refractivity contribution in [2.45, 2.75) is 26.6 Å². The molecule has 0 saturated carbocycles. The fourth-order valence-electron chi connectivity index (χ4n) is 1.84. The van der Waals surface area contributed by atoms with E-state index in [4.69, 9.17) is 15.2 Å². The van der Waals surface area contributed by atoms with Crippen LogP contribution in [0.1, 0.15) is 19.4 Å². The fraction of sp³-hybridized carbons (Fsp3) is 0.533. The van der Waals surface area contributed by atoms with Gasteiger partial charge in [-0.05, 0) is 17.7 Å². The van der Waals surface area contributed by atoms with E-state index in [-0.39, 0.29) is 5.92 Å². The molecule has 0 aliphatic heterocycles. The lowest BCUT2D eigenvalue weighted by atomic mass is 9.93. The summed E-state index contributed by atoms with van der Waals surface area (Å²) < 4.78 is 10.6. The summed E-state index contributed by atoms with van der Waals surface area (Å²) in [7, 11) is 1.62. The Morgan fingerprint density at radius 2 is 1.90 bits per heavy atom. The summed E-state index contributed by atoms with van der Waals surface area (Å²) in [6.07, 6.45) is -0.789. The summed E-state index contributed by atoms with van der Waals surface area (Å²) in [6.45, 7) is 4.27. The van der Waals surface area contributed by atoms with Crippen LogP contribution in [0, 0.1) is 11.8 Å². The molecule has 1 amide bonds. The number of aliphatic hydroxyl groups is 1. The normalized spacial score (nSPS) is 15.4. The Balaban J connectivity index is 2.37. The molecule has 5 heteroatoms. The standard InChI is InChI=1S/C15H23NO4/c1-10(14(17)11(2)15(16)18)8-20-9-12-4-6-13(19-3)7-5-12/h4-7,10-11,14,17H,8-9H2,1-3H3,(H2,16,18)/t10?,11-,14?/m0/s1. The second-order valence-corrected chi connectivity index (χ2v) is 5.02. The van der Waals surface area contributed by atoms with Crippen molar-refractivity contribution in [2.24, 2.45) is 17.6 Å². The molecule has 0 bridgehead atoms. The van der Waals surface area contributed by atoms with Crippen LogP contribution in [-0.2, 0) is 16.1 Å². The quantitative estimate of drug-likeness (QED) is 0.753. The zero-order valence-corrected chi connectivity index (χ0v) is 12.2.